The third-order valence-electron chi connectivity index (χ3n) is 6.21. The summed E-state index contributed by atoms with van der Waals surface area (Å²) in [5.41, 5.74) is 5.58. The lowest BCUT2D eigenvalue weighted by Crippen LogP contribution is -2.40. The summed E-state index contributed by atoms with van der Waals surface area (Å²) in [6.45, 7) is 3.14. The molecule has 1 aliphatic carbocycles. The molecule has 1 aliphatic heterocycles. The van der Waals surface area contributed by atoms with E-state index >= 15 is 0 Å². The number of aryl methyl sites for hydroxylation is 2. The lowest BCUT2D eigenvalue weighted by molar-refractivity contribution is -0.127. The van der Waals surface area contributed by atoms with Gasteiger partial charge < -0.3 is 15.5 Å². The van der Waals surface area contributed by atoms with Crippen LogP contribution in [0.25, 0.3) is 0 Å². The van der Waals surface area contributed by atoms with E-state index in [9.17, 15) is 4.79 Å². The van der Waals surface area contributed by atoms with E-state index in [0.29, 0.717) is 12.3 Å². The van der Waals surface area contributed by atoms with Gasteiger partial charge in [-0.15, -0.1) is 0 Å². The number of benzene rings is 2. The van der Waals surface area contributed by atoms with Crippen molar-refractivity contribution in [2.45, 2.75) is 38.6 Å². The summed E-state index contributed by atoms with van der Waals surface area (Å²) in [6.07, 6.45) is 5.22. The topological polar surface area (TPSA) is 56.7 Å². The quantitative estimate of drug-likeness (QED) is 0.551. The van der Waals surface area contributed by atoms with E-state index in [-0.39, 0.29) is 5.91 Å². The molecule has 1 atom stereocenters. The maximum absolute atomic E-state index is 12.4. The van der Waals surface area contributed by atoms with Crippen molar-refractivity contribution >= 4 is 11.9 Å². The molecule has 1 saturated heterocycles. The Hall–Kier alpha value is -2.82. The average Bonchev–Trinajstić information content (AvgIpc) is 3.38. The van der Waals surface area contributed by atoms with Crippen LogP contribution in [-0.4, -0.2) is 43.4 Å². The number of carbonyl (C=O) groups is 1. The first-order valence-electron chi connectivity index (χ1n) is 11.1. The fourth-order valence-electron chi connectivity index (χ4n) is 4.50. The number of nitrogens with zero attached hydrogens (tertiary/aromatic N) is 2. The van der Waals surface area contributed by atoms with Crippen LogP contribution < -0.4 is 10.6 Å². The van der Waals surface area contributed by atoms with Crippen LogP contribution in [0.4, 0.5) is 0 Å². The maximum atomic E-state index is 12.4. The van der Waals surface area contributed by atoms with E-state index < -0.39 is 0 Å². The van der Waals surface area contributed by atoms with Crippen molar-refractivity contribution in [1.82, 2.24) is 15.5 Å². The molecule has 0 aromatic heterocycles. The van der Waals surface area contributed by atoms with Crippen molar-refractivity contribution in [3.8, 4) is 0 Å². The van der Waals surface area contributed by atoms with Gasteiger partial charge in [-0.05, 0) is 47.9 Å². The number of carbonyl (C=O) groups excluding carboxylic acids is 1. The lowest BCUT2D eigenvalue weighted by atomic mass is 10.1. The molecule has 0 bridgehead atoms. The van der Waals surface area contributed by atoms with Crippen LogP contribution in [0, 0.1) is 5.92 Å². The van der Waals surface area contributed by atoms with E-state index in [1.54, 1.807) is 7.05 Å². The molecule has 1 fully saturated rings. The molecule has 0 radical (unpaired) electrons. The number of fused-ring (bicyclic) bond motifs is 1. The Bertz CT molecular complexity index is 893. The van der Waals surface area contributed by atoms with Gasteiger partial charge in [0.15, 0.2) is 5.96 Å². The van der Waals surface area contributed by atoms with Crippen molar-refractivity contribution in [3.05, 3.63) is 70.8 Å². The second kappa shape index (κ2) is 9.79. The zero-order valence-electron chi connectivity index (χ0n) is 17.9. The normalized spacial score (nSPS) is 18.6. The second-order valence-corrected chi connectivity index (χ2v) is 8.41. The highest BCUT2D eigenvalue weighted by molar-refractivity contribution is 5.80. The van der Waals surface area contributed by atoms with Gasteiger partial charge in [0.25, 0.3) is 0 Å². The zero-order chi connectivity index (χ0) is 20.8. The van der Waals surface area contributed by atoms with Crippen molar-refractivity contribution in [2.75, 3.05) is 26.7 Å². The molecule has 2 aliphatic rings. The van der Waals surface area contributed by atoms with Gasteiger partial charge in [0, 0.05) is 45.6 Å². The first-order valence-corrected chi connectivity index (χ1v) is 11.1. The Kier molecular flexibility index (Phi) is 6.67. The summed E-state index contributed by atoms with van der Waals surface area (Å²) in [5.74, 6) is 1.39. The minimum atomic E-state index is 0.263. The van der Waals surface area contributed by atoms with Gasteiger partial charge in [0.05, 0.1) is 0 Å². The number of guanidine groups is 1. The minimum absolute atomic E-state index is 0.263. The van der Waals surface area contributed by atoms with E-state index in [0.717, 1.165) is 38.6 Å². The second-order valence-electron chi connectivity index (χ2n) is 8.41. The van der Waals surface area contributed by atoms with Crippen molar-refractivity contribution in [2.24, 2.45) is 10.9 Å². The van der Waals surface area contributed by atoms with E-state index in [2.05, 4.69) is 58.1 Å². The van der Waals surface area contributed by atoms with Gasteiger partial charge >= 0.3 is 0 Å². The van der Waals surface area contributed by atoms with Gasteiger partial charge in [-0.1, -0.05) is 48.5 Å². The monoisotopic (exact) mass is 404 g/mol. The first kappa shape index (κ1) is 20.5. The van der Waals surface area contributed by atoms with Gasteiger partial charge in [0.1, 0.15) is 0 Å². The Balaban J connectivity index is 1.21. The Labute approximate surface area is 179 Å². The highest BCUT2D eigenvalue weighted by atomic mass is 16.2. The molecule has 2 aromatic carbocycles. The molecule has 4 rings (SSSR count). The fourth-order valence-corrected chi connectivity index (χ4v) is 4.50. The number of nitrogens with one attached hydrogen (secondary N) is 2. The number of hydrogen-bond acceptors (Lipinski definition) is 2. The van der Waals surface area contributed by atoms with Gasteiger partial charge in [-0.2, -0.15) is 0 Å². The number of likely N-dealkylation sites (tertiary alicyclic amines) is 1. The smallest absolute Gasteiger partial charge is 0.223 e. The number of amides is 1. The van der Waals surface area contributed by atoms with Crippen LogP contribution in [0.15, 0.2) is 53.5 Å². The number of aliphatic imine (C=N–C) groups is 1. The van der Waals surface area contributed by atoms with Crippen LogP contribution in [0.2, 0.25) is 0 Å². The fraction of sp³-hybridized carbons (Fsp3) is 0.440. The predicted octanol–water partition coefficient (Wildman–Crippen LogP) is 2.93. The first-order chi connectivity index (χ1) is 14.7. The zero-order valence-corrected chi connectivity index (χ0v) is 17.9. The molecule has 1 heterocycles. The predicted molar refractivity (Wildman–Crippen MR) is 122 cm³/mol. The third-order valence-corrected chi connectivity index (χ3v) is 6.21. The summed E-state index contributed by atoms with van der Waals surface area (Å²) < 4.78 is 0. The summed E-state index contributed by atoms with van der Waals surface area (Å²) in [4.78, 5) is 18.7. The number of rotatable bonds is 7. The van der Waals surface area contributed by atoms with Crippen molar-refractivity contribution in [3.63, 3.8) is 0 Å². The SMILES string of the molecule is CN=C(NCc1ccc2c(c1)CCC2)NCC1CC(=O)N(CCc2ccccc2)C1. The maximum Gasteiger partial charge on any atom is 0.223 e. The lowest BCUT2D eigenvalue weighted by Gasteiger charge is -2.18. The molecule has 5 nitrogen and oxygen atoms in total. The van der Waals surface area contributed by atoms with Gasteiger partial charge in [-0.25, -0.2) is 0 Å². The van der Waals surface area contributed by atoms with Crippen LogP contribution in [-0.2, 0) is 30.6 Å². The molecule has 0 saturated carbocycles. The molecule has 1 amide bonds. The summed E-state index contributed by atoms with van der Waals surface area (Å²) >= 11 is 0. The Morgan fingerprint density at radius 2 is 1.90 bits per heavy atom. The summed E-state index contributed by atoms with van der Waals surface area (Å²) in [6, 6.07) is 17.2. The van der Waals surface area contributed by atoms with E-state index in [4.69, 9.17) is 0 Å². The van der Waals surface area contributed by atoms with Crippen LogP contribution >= 0.6 is 0 Å². The third kappa shape index (κ3) is 5.21. The van der Waals surface area contributed by atoms with Crippen LogP contribution in [0.3, 0.4) is 0 Å². The molecule has 158 valence electrons. The Morgan fingerprint density at radius 3 is 2.73 bits per heavy atom. The van der Waals surface area contributed by atoms with E-state index in [1.165, 1.54) is 41.5 Å². The highest BCUT2D eigenvalue weighted by Crippen LogP contribution is 2.22. The van der Waals surface area contributed by atoms with Gasteiger partial charge in [0.2, 0.25) is 5.91 Å². The van der Waals surface area contributed by atoms with Crippen molar-refractivity contribution in [1.29, 1.82) is 0 Å². The summed E-state index contributed by atoms with van der Waals surface area (Å²) in [5, 5.41) is 6.82. The summed E-state index contributed by atoms with van der Waals surface area (Å²) in [7, 11) is 1.80. The van der Waals surface area contributed by atoms with Gasteiger partial charge in [-0.3, -0.25) is 9.79 Å². The molecular weight excluding hydrogens is 372 g/mol. The molecule has 1 unspecified atom stereocenters. The van der Waals surface area contributed by atoms with Crippen LogP contribution in [0.5, 0.6) is 0 Å². The molecule has 2 N–H and O–H groups in total. The molecule has 0 spiro atoms. The standard InChI is InChI=1S/C25H32N4O/c1-26-25(27-16-20-10-11-22-8-5-9-23(22)14-20)28-17-21-15-24(30)29(18-21)13-12-19-6-3-2-4-7-19/h2-4,6-7,10-11,14,21H,5,8-9,12-13,15-18H2,1H3,(H2,26,27,28). The highest BCUT2D eigenvalue weighted by Gasteiger charge is 2.29. The average molecular weight is 405 g/mol. The Morgan fingerprint density at radius 1 is 1.07 bits per heavy atom. The minimum Gasteiger partial charge on any atom is -0.356 e. The molecule has 30 heavy (non-hydrogen) atoms. The van der Waals surface area contributed by atoms with Crippen LogP contribution in [0.1, 0.15) is 35.1 Å². The largest absolute Gasteiger partial charge is 0.356 e. The molecular formula is C25H32N4O. The molecule has 2 aromatic rings. The van der Waals surface area contributed by atoms with Crippen molar-refractivity contribution < 1.29 is 4.79 Å². The number of hydrogen-bond donors (Lipinski definition) is 2. The van der Waals surface area contributed by atoms with E-state index in [1.807, 2.05) is 11.0 Å². The molecule has 5 heteroatoms.